The van der Waals surface area contributed by atoms with Crippen LogP contribution in [0.25, 0.3) is 10.2 Å². The monoisotopic (exact) mass is 496 g/mol. The number of amides is 1. The van der Waals surface area contributed by atoms with E-state index >= 15 is 0 Å². The zero-order valence-electron chi connectivity index (χ0n) is 21.3. The summed E-state index contributed by atoms with van der Waals surface area (Å²) < 4.78 is 0. The van der Waals surface area contributed by atoms with Crippen molar-refractivity contribution in [2.45, 2.75) is 64.8 Å². The molecule has 0 saturated carbocycles. The number of piperazine rings is 1. The summed E-state index contributed by atoms with van der Waals surface area (Å²) in [5.74, 6) is 3.31. The van der Waals surface area contributed by atoms with E-state index in [-0.39, 0.29) is 0 Å². The lowest BCUT2D eigenvalue weighted by Gasteiger charge is -2.37. The van der Waals surface area contributed by atoms with E-state index < -0.39 is 0 Å². The number of anilines is 1. The Bertz CT molecular complexity index is 1050. The van der Waals surface area contributed by atoms with Crippen molar-refractivity contribution in [3.8, 4) is 0 Å². The van der Waals surface area contributed by atoms with Gasteiger partial charge in [-0.1, -0.05) is 6.92 Å². The van der Waals surface area contributed by atoms with Crippen LogP contribution in [0.5, 0.6) is 0 Å². The smallest absolute Gasteiger partial charge is 0.236 e. The van der Waals surface area contributed by atoms with E-state index in [1.165, 1.54) is 59.2 Å². The lowest BCUT2D eigenvalue weighted by Crippen LogP contribution is -2.51. The minimum atomic E-state index is 0.316. The zero-order valence-corrected chi connectivity index (χ0v) is 22.1. The summed E-state index contributed by atoms with van der Waals surface area (Å²) in [6.07, 6.45) is 9.76. The maximum atomic E-state index is 12.8. The first-order valence-electron chi connectivity index (χ1n) is 13.9. The fraction of sp³-hybridized carbons (Fsp3) is 0.741. The molecule has 1 amide bonds. The van der Waals surface area contributed by atoms with E-state index in [0.717, 1.165) is 89.3 Å². The number of rotatable bonds is 5. The molecule has 0 aromatic carbocycles. The molecule has 3 saturated heterocycles. The number of carbonyl (C=O) groups excluding carboxylic acids is 1. The molecular formula is C27H40N6OS. The Morgan fingerprint density at radius 1 is 0.886 bits per heavy atom. The highest BCUT2D eigenvalue weighted by Gasteiger charge is 2.28. The highest BCUT2D eigenvalue weighted by Crippen LogP contribution is 2.41. The third kappa shape index (κ3) is 5.07. The number of hydrogen-bond donors (Lipinski definition) is 0. The Balaban J connectivity index is 1.18. The lowest BCUT2D eigenvalue weighted by atomic mass is 9.99. The van der Waals surface area contributed by atoms with Crippen LogP contribution in [0.2, 0.25) is 0 Å². The van der Waals surface area contributed by atoms with E-state index in [9.17, 15) is 4.79 Å². The molecule has 0 unspecified atom stereocenters. The van der Waals surface area contributed by atoms with Crippen molar-refractivity contribution >= 4 is 33.3 Å². The van der Waals surface area contributed by atoms with Gasteiger partial charge in [0.1, 0.15) is 16.5 Å². The van der Waals surface area contributed by atoms with E-state index in [4.69, 9.17) is 9.97 Å². The molecule has 7 nitrogen and oxygen atoms in total. The summed E-state index contributed by atoms with van der Waals surface area (Å²) in [4.78, 5) is 35.3. The molecule has 4 aliphatic rings. The number of aryl methyl sites for hydroxylation is 2. The highest BCUT2D eigenvalue weighted by molar-refractivity contribution is 7.19. The van der Waals surface area contributed by atoms with Crippen molar-refractivity contribution in [1.29, 1.82) is 0 Å². The van der Waals surface area contributed by atoms with Crippen LogP contribution in [0.3, 0.4) is 0 Å². The van der Waals surface area contributed by atoms with E-state index in [2.05, 4.69) is 26.5 Å². The summed E-state index contributed by atoms with van der Waals surface area (Å²) >= 11 is 1.91. The molecule has 2 aromatic heterocycles. The number of hydrogen-bond acceptors (Lipinski definition) is 7. The van der Waals surface area contributed by atoms with E-state index in [1.807, 2.05) is 11.3 Å². The maximum absolute atomic E-state index is 12.8. The maximum Gasteiger partial charge on any atom is 0.236 e. The number of aromatic nitrogens is 2. The summed E-state index contributed by atoms with van der Waals surface area (Å²) in [5.41, 5.74) is 1.51. The summed E-state index contributed by atoms with van der Waals surface area (Å²) in [7, 11) is 0. The van der Waals surface area contributed by atoms with Gasteiger partial charge in [-0.25, -0.2) is 9.97 Å². The van der Waals surface area contributed by atoms with Crippen LogP contribution in [0.15, 0.2) is 0 Å². The summed E-state index contributed by atoms with van der Waals surface area (Å²) in [6.45, 7) is 11.7. The standard InChI is InChI=1S/C27H40N6OS/c1-20-8-12-30(13-9-20)18-23-28-26(25-21-6-5-7-22(21)35-27(25)29-23)33-16-14-31(15-17-33)19-24(34)32-10-3-2-4-11-32/h20H,2-19H2,1H3. The zero-order chi connectivity index (χ0) is 23.8. The van der Waals surface area contributed by atoms with Gasteiger partial charge in [0.2, 0.25) is 5.91 Å². The van der Waals surface area contributed by atoms with Gasteiger partial charge in [0.25, 0.3) is 0 Å². The molecule has 1 aliphatic carbocycles. The molecule has 0 bridgehead atoms. The molecule has 8 heteroatoms. The van der Waals surface area contributed by atoms with Gasteiger partial charge in [0.15, 0.2) is 0 Å². The SMILES string of the molecule is CC1CCN(Cc2nc(N3CCN(CC(=O)N4CCCCC4)CC3)c3c4c(sc3n2)CCC4)CC1. The number of nitrogens with zero attached hydrogens (tertiary/aromatic N) is 6. The number of likely N-dealkylation sites (tertiary alicyclic amines) is 2. The van der Waals surface area contributed by atoms with Crippen molar-refractivity contribution in [1.82, 2.24) is 24.7 Å². The largest absolute Gasteiger partial charge is 0.353 e. The van der Waals surface area contributed by atoms with Gasteiger partial charge in [-0.2, -0.15) is 0 Å². The van der Waals surface area contributed by atoms with Crippen LogP contribution in [0.1, 0.15) is 61.7 Å². The normalized spacial score (nSPS) is 22.8. The van der Waals surface area contributed by atoms with Gasteiger partial charge in [0.05, 0.1) is 18.5 Å². The van der Waals surface area contributed by atoms with Crippen molar-refractivity contribution in [2.24, 2.45) is 5.92 Å². The second-order valence-corrected chi connectivity index (χ2v) is 12.2. The molecule has 3 aliphatic heterocycles. The topological polar surface area (TPSA) is 55.8 Å². The predicted octanol–water partition coefficient (Wildman–Crippen LogP) is 3.55. The second-order valence-electron chi connectivity index (χ2n) is 11.2. The van der Waals surface area contributed by atoms with Gasteiger partial charge < -0.3 is 9.80 Å². The van der Waals surface area contributed by atoms with Crippen molar-refractivity contribution in [3.05, 3.63) is 16.3 Å². The van der Waals surface area contributed by atoms with Crippen LogP contribution in [-0.4, -0.2) is 89.5 Å². The second kappa shape index (κ2) is 10.3. The number of thiophene rings is 1. The average Bonchev–Trinajstić information content (AvgIpc) is 3.47. The van der Waals surface area contributed by atoms with Gasteiger partial charge in [0, 0.05) is 44.1 Å². The molecule has 0 atom stereocenters. The van der Waals surface area contributed by atoms with Crippen LogP contribution >= 0.6 is 11.3 Å². The Labute approximate surface area is 213 Å². The van der Waals surface area contributed by atoms with Crippen LogP contribution < -0.4 is 4.90 Å². The molecule has 3 fully saturated rings. The fourth-order valence-electron chi connectivity index (χ4n) is 6.29. The van der Waals surface area contributed by atoms with Gasteiger partial charge in [-0.15, -0.1) is 11.3 Å². The van der Waals surface area contributed by atoms with Crippen LogP contribution in [-0.2, 0) is 24.2 Å². The van der Waals surface area contributed by atoms with Gasteiger partial charge in [-0.05, 0) is 75.9 Å². The van der Waals surface area contributed by atoms with Gasteiger partial charge >= 0.3 is 0 Å². The quantitative estimate of drug-likeness (QED) is 0.631. The van der Waals surface area contributed by atoms with Crippen LogP contribution in [0, 0.1) is 5.92 Å². The highest BCUT2D eigenvalue weighted by atomic mass is 32.1. The van der Waals surface area contributed by atoms with E-state index in [1.54, 1.807) is 0 Å². The van der Waals surface area contributed by atoms with Crippen molar-refractivity contribution < 1.29 is 4.79 Å². The Morgan fingerprint density at radius 3 is 2.43 bits per heavy atom. The first-order valence-corrected chi connectivity index (χ1v) is 14.7. The number of piperidine rings is 2. The predicted molar refractivity (Wildman–Crippen MR) is 142 cm³/mol. The molecule has 0 spiro atoms. The van der Waals surface area contributed by atoms with Gasteiger partial charge in [-0.3, -0.25) is 14.6 Å². The molecule has 0 N–H and O–H groups in total. The molecule has 2 aromatic rings. The first kappa shape index (κ1) is 23.6. The third-order valence-electron chi connectivity index (χ3n) is 8.57. The minimum absolute atomic E-state index is 0.316. The molecular weight excluding hydrogens is 456 g/mol. The Kier molecular flexibility index (Phi) is 6.95. The third-order valence-corrected chi connectivity index (χ3v) is 9.76. The molecule has 6 rings (SSSR count). The number of fused-ring (bicyclic) bond motifs is 3. The molecule has 35 heavy (non-hydrogen) atoms. The molecule has 0 radical (unpaired) electrons. The molecule has 5 heterocycles. The van der Waals surface area contributed by atoms with Crippen LogP contribution in [0.4, 0.5) is 5.82 Å². The first-order chi connectivity index (χ1) is 17.1. The summed E-state index contributed by atoms with van der Waals surface area (Å²) in [6, 6.07) is 0. The Hall–Kier alpha value is -1.77. The summed E-state index contributed by atoms with van der Waals surface area (Å²) in [5, 5.41) is 1.33. The average molecular weight is 497 g/mol. The lowest BCUT2D eigenvalue weighted by molar-refractivity contribution is -0.133. The van der Waals surface area contributed by atoms with E-state index in [0.29, 0.717) is 12.5 Å². The van der Waals surface area contributed by atoms with Crippen molar-refractivity contribution in [2.75, 3.05) is 63.8 Å². The minimum Gasteiger partial charge on any atom is -0.353 e. The van der Waals surface area contributed by atoms with Crippen molar-refractivity contribution in [3.63, 3.8) is 0 Å². The number of carbonyl (C=O) groups is 1. The fourth-order valence-corrected chi connectivity index (χ4v) is 7.57. The Morgan fingerprint density at radius 2 is 1.66 bits per heavy atom. The molecule has 190 valence electrons.